The topological polar surface area (TPSA) is 55.1 Å². The number of carbonyl (C=O) groups excluding carboxylic acids is 1. The van der Waals surface area contributed by atoms with E-state index in [-0.39, 0.29) is 18.1 Å². The second-order valence-electron chi connectivity index (χ2n) is 5.01. The number of aryl methyl sites for hydroxylation is 1. The molecule has 18 heavy (non-hydrogen) atoms. The number of rotatable bonds is 4. The third-order valence-corrected chi connectivity index (χ3v) is 3.57. The van der Waals surface area contributed by atoms with Crippen molar-refractivity contribution in [1.82, 2.24) is 9.78 Å². The Morgan fingerprint density at radius 1 is 1.50 bits per heavy atom. The molecule has 1 aromatic heterocycles. The number of carbonyl (C=O) groups is 1. The zero-order valence-corrected chi connectivity index (χ0v) is 10.3. The third kappa shape index (κ3) is 1.93. The molecule has 0 aliphatic heterocycles. The van der Waals surface area contributed by atoms with Crippen LogP contribution in [0.2, 0.25) is 0 Å². The quantitative estimate of drug-likeness (QED) is 0.885. The molecule has 1 N–H and O–H groups in total. The van der Waals surface area contributed by atoms with Gasteiger partial charge in [-0.3, -0.25) is 9.48 Å². The highest BCUT2D eigenvalue weighted by Gasteiger charge is 2.34. The number of benzene rings is 1. The molecule has 1 heterocycles. The molecule has 0 bridgehead atoms. The summed E-state index contributed by atoms with van der Waals surface area (Å²) in [5.74, 6) is 0.0776. The molecule has 1 aliphatic rings. The van der Waals surface area contributed by atoms with Crippen LogP contribution >= 0.6 is 0 Å². The normalized spacial score (nSPS) is 17.0. The molecule has 0 saturated heterocycles. The van der Waals surface area contributed by atoms with Crippen molar-refractivity contribution in [1.29, 1.82) is 0 Å². The summed E-state index contributed by atoms with van der Waals surface area (Å²) in [5.41, 5.74) is 1.78. The zero-order chi connectivity index (χ0) is 12.7. The SMILES string of the molecule is Cn1nc(CC(=O)C(O)C2CC2)c2ccccc21. The molecule has 3 rings (SSSR count). The van der Waals surface area contributed by atoms with Crippen LogP contribution in [0.25, 0.3) is 10.9 Å². The number of hydrogen-bond acceptors (Lipinski definition) is 3. The lowest BCUT2D eigenvalue weighted by molar-refractivity contribution is -0.127. The Balaban J connectivity index is 1.88. The maximum absolute atomic E-state index is 11.9. The summed E-state index contributed by atoms with van der Waals surface area (Å²) >= 11 is 0. The molecule has 1 aromatic carbocycles. The van der Waals surface area contributed by atoms with Crippen molar-refractivity contribution >= 4 is 16.7 Å². The molecule has 1 fully saturated rings. The number of Topliss-reactive ketones (excluding diaryl/α,β-unsaturated/α-hetero) is 1. The van der Waals surface area contributed by atoms with E-state index in [1.54, 1.807) is 4.68 Å². The first kappa shape index (κ1) is 11.4. The number of aliphatic hydroxyl groups is 1. The minimum Gasteiger partial charge on any atom is -0.385 e. The van der Waals surface area contributed by atoms with E-state index in [0.29, 0.717) is 0 Å². The molecule has 4 nitrogen and oxygen atoms in total. The number of para-hydroxylation sites is 1. The number of fused-ring (bicyclic) bond motifs is 1. The Morgan fingerprint density at radius 3 is 2.94 bits per heavy atom. The lowest BCUT2D eigenvalue weighted by atomic mass is 10.0. The van der Waals surface area contributed by atoms with Gasteiger partial charge in [-0.15, -0.1) is 0 Å². The second kappa shape index (κ2) is 4.21. The minimum absolute atomic E-state index is 0.110. The van der Waals surface area contributed by atoms with Crippen LogP contribution in [0.5, 0.6) is 0 Å². The lowest BCUT2D eigenvalue weighted by Crippen LogP contribution is -2.24. The average Bonchev–Trinajstić information content (AvgIpc) is 3.17. The molecule has 0 amide bonds. The van der Waals surface area contributed by atoms with E-state index >= 15 is 0 Å². The number of hydrogen-bond donors (Lipinski definition) is 1. The molecule has 1 atom stereocenters. The molecule has 0 spiro atoms. The molecule has 2 aromatic rings. The maximum Gasteiger partial charge on any atom is 0.167 e. The molecular weight excluding hydrogens is 228 g/mol. The van der Waals surface area contributed by atoms with Gasteiger partial charge in [0.1, 0.15) is 6.10 Å². The van der Waals surface area contributed by atoms with E-state index in [1.165, 1.54) is 0 Å². The van der Waals surface area contributed by atoms with E-state index in [2.05, 4.69) is 5.10 Å². The van der Waals surface area contributed by atoms with Crippen molar-refractivity contribution in [2.75, 3.05) is 0 Å². The Morgan fingerprint density at radius 2 is 2.22 bits per heavy atom. The summed E-state index contributed by atoms with van der Waals surface area (Å²) in [7, 11) is 1.87. The Kier molecular flexibility index (Phi) is 2.67. The van der Waals surface area contributed by atoms with Crippen molar-refractivity contribution < 1.29 is 9.90 Å². The monoisotopic (exact) mass is 244 g/mol. The fourth-order valence-corrected chi connectivity index (χ4v) is 2.36. The predicted molar refractivity (Wildman–Crippen MR) is 68.2 cm³/mol. The van der Waals surface area contributed by atoms with Crippen LogP contribution in [0.3, 0.4) is 0 Å². The first-order valence-electron chi connectivity index (χ1n) is 6.28. The molecule has 1 aliphatic carbocycles. The molecular formula is C14H16N2O2. The van der Waals surface area contributed by atoms with Gasteiger partial charge in [-0.1, -0.05) is 18.2 Å². The number of aliphatic hydroxyl groups excluding tert-OH is 1. The first-order chi connectivity index (χ1) is 8.66. The van der Waals surface area contributed by atoms with Crippen molar-refractivity contribution in [2.45, 2.75) is 25.4 Å². The van der Waals surface area contributed by atoms with E-state index in [4.69, 9.17) is 0 Å². The number of aromatic nitrogens is 2. The highest BCUT2D eigenvalue weighted by atomic mass is 16.3. The first-order valence-corrected chi connectivity index (χ1v) is 6.28. The summed E-state index contributed by atoms with van der Waals surface area (Å²) in [4.78, 5) is 11.9. The highest BCUT2D eigenvalue weighted by molar-refractivity contribution is 5.90. The van der Waals surface area contributed by atoms with Gasteiger partial charge in [-0.25, -0.2) is 0 Å². The predicted octanol–water partition coefficient (Wildman–Crippen LogP) is 1.46. The van der Waals surface area contributed by atoms with E-state index in [9.17, 15) is 9.90 Å². The van der Waals surface area contributed by atoms with Crippen LogP contribution < -0.4 is 0 Å². The Bertz CT molecular complexity index is 599. The summed E-state index contributed by atoms with van der Waals surface area (Å²) in [6.07, 6.45) is 1.36. The van der Waals surface area contributed by atoms with E-state index in [0.717, 1.165) is 29.4 Å². The van der Waals surface area contributed by atoms with Gasteiger partial charge in [0.25, 0.3) is 0 Å². The van der Waals surface area contributed by atoms with Crippen LogP contribution in [0, 0.1) is 5.92 Å². The molecule has 1 unspecified atom stereocenters. The Labute approximate surface area is 105 Å². The number of nitrogens with zero attached hydrogens (tertiary/aromatic N) is 2. The van der Waals surface area contributed by atoms with Gasteiger partial charge in [0.05, 0.1) is 17.6 Å². The van der Waals surface area contributed by atoms with Crippen LogP contribution in [0.1, 0.15) is 18.5 Å². The van der Waals surface area contributed by atoms with Gasteiger partial charge >= 0.3 is 0 Å². The molecule has 0 radical (unpaired) electrons. The molecule has 4 heteroatoms. The molecule has 1 saturated carbocycles. The van der Waals surface area contributed by atoms with Crippen molar-refractivity contribution in [3.05, 3.63) is 30.0 Å². The summed E-state index contributed by atoms with van der Waals surface area (Å²) in [6, 6.07) is 7.84. The van der Waals surface area contributed by atoms with Crippen molar-refractivity contribution in [2.24, 2.45) is 13.0 Å². The average molecular weight is 244 g/mol. The van der Waals surface area contributed by atoms with Crippen LogP contribution in [0.4, 0.5) is 0 Å². The summed E-state index contributed by atoms with van der Waals surface area (Å²) in [5, 5.41) is 15.2. The third-order valence-electron chi connectivity index (χ3n) is 3.57. The Hall–Kier alpha value is -1.68. The largest absolute Gasteiger partial charge is 0.385 e. The van der Waals surface area contributed by atoms with Crippen molar-refractivity contribution in [3.63, 3.8) is 0 Å². The van der Waals surface area contributed by atoms with Crippen molar-refractivity contribution in [3.8, 4) is 0 Å². The fraction of sp³-hybridized carbons (Fsp3) is 0.429. The van der Waals surface area contributed by atoms with Gasteiger partial charge in [0.15, 0.2) is 5.78 Å². The second-order valence-corrected chi connectivity index (χ2v) is 5.01. The van der Waals surface area contributed by atoms with Gasteiger partial charge in [-0.05, 0) is 24.8 Å². The maximum atomic E-state index is 11.9. The smallest absolute Gasteiger partial charge is 0.167 e. The van der Waals surface area contributed by atoms with Gasteiger partial charge in [0, 0.05) is 12.4 Å². The van der Waals surface area contributed by atoms with Crippen LogP contribution in [0.15, 0.2) is 24.3 Å². The number of ketones is 1. The lowest BCUT2D eigenvalue weighted by Gasteiger charge is -2.06. The van der Waals surface area contributed by atoms with Crippen LogP contribution in [-0.4, -0.2) is 26.8 Å². The van der Waals surface area contributed by atoms with Gasteiger partial charge < -0.3 is 5.11 Å². The standard InChI is InChI=1S/C14H16N2O2/c1-16-12-5-3-2-4-10(12)11(15-16)8-13(17)14(18)9-6-7-9/h2-5,9,14,18H,6-8H2,1H3. The van der Waals surface area contributed by atoms with Gasteiger partial charge in [0.2, 0.25) is 0 Å². The fourth-order valence-electron chi connectivity index (χ4n) is 2.36. The summed E-state index contributed by atoms with van der Waals surface area (Å²) < 4.78 is 1.78. The summed E-state index contributed by atoms with van der Waals surface area (Å²) in [6.45, 7) is 0. The zero-order valence-electron chi connectivity index (χ0n) is 10.3. The van der Waals surface area contributed by atoms with Gasteiger partial charge in [-0.2, -0.15) is 5.10 Å². The van der Waals surface area contributed by atoms with E-state index < -0.39 is 6.10 Å². The minimum atomic E-state index is -0.800. The molecule has 94 valence electrons. The van der Waals surface area contributed by atoms with Crippen LogP contribution in [-0.2, 0) is 18.3 Å². The van der Waals surface area contributed by atoms with E-state index in [1.807, 2.05) is 31.3 Å². The highest BCUT2D eigenvalue weighted by Crippen LogP contribution is 2.33.